The summed E-state index contributed by atoms with van der Waals surface area (Å²) >= 11 is 2.96. The Bertz CT molecular complexity index is 609. The fourth-order valence-electron chi connectivity index (χ4n) is 1.77. The van der Waals surface area contributed by atoms with Crippen LogP contribution in [0.2, 0.25) is 0 Å². The molecule has 0 aliphatic heterocycles. The van der Waals surface area contributed by atoms with Crippen molar-refractivity contribution in [3.63, 3.8) is 0 Å². The van der Waals surface area contributed by atoms with E-state index in [0.29, 0.717) is 5.56 Å². The van der Waals surface area contributed by atoms with Crippen molar-refractivity contribution in [3.8, 4) is 0 Å². The Labute approximate surface area is 121 Å². The van der Waals surface area contributed by atoms with Gasteiger partial charge in [-0.15, -0.1) is 11.8 Å². The lowest BCUT2D eigenvalue weighted by Crippen LogP contribution is -2.01. The molecule has 0 spiro atoms. The molecule has 2 aromatic carbocycles. The van der Waals surface area contributed by atoms with Crippen LogP contribution < -0.4 is 0 Å². The van der Waals surface area contributed by atoms with E-state index in [2.05, 4.69) is 0 Å². The van der Waals surface area contributed by atoms with E-state index in [4.69, 9.17) is 0 Å². The van der Waals surface area contributed by atoms with Gasteiger partial charge in [-0.25, -0.2) is 4.79 Å². The van der Waals surface area contributed by atoms with Crippen molar-refractivity contribution in [2.45, 2.75) is 21.6 Å². The van der Waals surface area contributed by atoms with Crippen LogP contribution in [0.5, 0.6) is 0 Å². The zero-order valence-electron chi connectivity index (χ0n) is 10.7. The van der Waals surface area contributed by atoms with Crippen molar-refractivity contribution in [1.82, 2.24) is 0 Å². The second kappa shape index (κ2) is 6.17. The predicted molar refractivity (Wildman–Crippen MR) is 80.5 cm³/mol. The second-order valence-corrected chi connectivity index (χ2v) is 5.94. The summed E-state index contributed by atoms with van der Waals surface area (Å²) in [7, 11) is 0. The number of carbonyl (C=O) groups is 1. The van der Waals surface area contributed by atoms with E-state index in [1.54, 1.807) is 0 Å². The maximum Gasteiger partial charge on any atom is 0.337 e. The first-order valence-corrected chi connectivity index (χ1v) is 7.81. The summed E-state index contributed by atoms with van der Waals surface area (Å²) in [6.45, 7) is 2.03. The Morgan fingerprint density at radius 3 is 2.26 bits per heavy atom. The maximum absolute atomic E-state index is 11.4. The number of benzene rings is 2. The van der Waals surface area contributed by atoms with Crippen molar-refractivity contribution < 1.29 is 9.90 Å². The minimum atomic E-state index is -0.874. The van der Waals surface area contributed by atoms with Gasteiger partial charge in [0, 0.05) is 14.7 Å². The molecule has 19 heavy (non-hydrogen) atoms. The van der Waals surface area contributed by atoms with Crippen molar-refractivity contribution >= 4 is 29.5 Å². The highest BCUT2D eigenvalue weighted by Crippen LogP contribution is 2.36. The molecule has 0 amide bonds. The Kier molecular flexibility index (Phi) is 4.56. The third-order valence-corrected chi connectivity index (χ3v) is 4.75. The fourth-order valence-corrected chi connectivity index (χ4v) is 3.51. The molecule has 2 aromatic rings. The lowest BCUT2D eigenvalue weighted by atomic mass is 10.2. The van der Waals surface area contributed by atoms with E-state index in [0.717, 1.165) is 20.2 Å². The van der Waals surface area contributed by atoms with Crippen LogP contribution in [0, 0.1) is 6.92 Å². The van der Waals surface area contributed by atoms with Crippen LogP contribution in [0.3, 0.4) is 0 Å². The summed E-state index contributed by atoms with van der Waals surface area (Å²) in [6.07, 6.45) is 1.89. The van der Waals surface area contributed by atoms with Crippen molar-refractivity contribution in [1.29, 1.82) is 0 Å². The molecule has 0 unspecified atom stereocenters. The van der Waals surface area contributed by atoms with Crippen LogP contribution in [-0.4, -0.2) is 17.3 Å². The first kappa shape index (κ1) is 14.0. The molecule has 2 nitrogen and oxygen atoms in total. The Morgan fingerprint density at radius 1 is 1.00 bits per heavy atom. The smallest absolute Gasteiger partial charge is 0.337 e. The summed E-state index contributed by atoms with van der Waals surface area (Å²) in [4.78, 5) is 14.1. The molecule has 0 saturated carbocycles. The quantitative estimate of drug-likeness (QED) is 0.837. The fraction of sp³-hybridized carbons (Fsp3) is 0.133. The summed E-state index contributed by atoms with van der Waals surface area (Å²) in [5.74, 6) is -0.874. The lowest BCUT2D eigenvalue weighted by Gasteiger charge is -2.10. The van der Waals surface area contributed by atoms with Crippen molar-refractivity contribution in [2.75, 3.05) is 6.26 Å². The maximum atomic E-state index is 11.4. The number of hydrogen-bond acceptors (Lipinski definition) is 3. The molecule has 0 aromatic heterocycles. The highest BCUT2D eigenvalue weighted by molar-refractivity contribution is 8.00. The Balaban J connectivity index is 2.46. The number of aromatic carboxylic acids is 1. The van der Waals surface area contributed by atoms with Gasteiger partial charge in [0.25, 0.3) is 0 Å². The molecule has 0 saturated heterocycles. The number of carboxylic acid groups (broad SMARTS) is 1. The van der Waals surface area contributed by atoms with Gasteiger partial charge in [-0.2, -0.15) is 0 Å². The van der Waals surface area contributed by atoms with E-state index in [1.165, 1.54) is 23.5 Å². The monoisotopic (exact) mass is 290 g/mol. The largest absolute Gasteiger partial charge is 0.478 e. The van der Waals surface area contributed by atoms with Gasteiger partial charge < -0.3 is 5.11 Å². The molecule has 98 valence electrons. The molecule has 0 atom stereocenters. The summed E-state index contributed by atoms with van der Waals surface area (Å²) in [5.41, 5.74) is 1.54. The number of rotatable bonds is 4. The van der Waals surface area contributed by atoms with E-state index >= 15 is 0 Å². The van der Waals surface area contributed by atoms with Gasteiger partial charge in [-0.3, -0.25) is 0 Å². The molecule has 0 heterocycles. The minimum Gasteiger partial charge on any atom is -0.478 e. The van der Waals surface area contributed by atoms with Crippen LogP contribution in [0.1, 0.15) is 15.9 Å². The Hall–Kier alpha value is -1.39. The van der Waals surface area contributed by atoms with Gasteiger partial charge in [0.1, 0.15) is 0 Å². The molecule has 0 fully saturated rings. The molecule has 0 aliphatic rings. The Morgan fingerprint density at radius 2 is 1.63 bits per heavy atom. The van der Waals surface area contributed by atoms with Gasteiger partial charge >= 0.3 is 5.97 Å². The molecule has 2 rings (SSSR count). The third-order valence-electron chi connectivity index (χ3n) is 2.74. The zero-order valence-corrected chi connectivity index (χ0v) is 12.3. The topological polar surface area (TPSA) is 37.3 Å². The summed E-state index contributed by atoms with van der Waals surface area (Å²) < 4.78 is 0. The number of thioether (sulfide) groups is 1. The normalized spacial score (nSPS) is 10.4. The first-order chi connectivity index (χ1) is 9.13. The van der Waals surface area contributed by atoms with Gasteiger partial charge in [0.05, 0.1) is 5.56 Å². The lowest BCUT2D eigenvalue weighted by molar-refractivity contribution is 0.0689. The average molecular weight is 290 g/mol. The van der Waals surface area contributed by atoms with Crippen LogP contribution in [0.25, 0.3) is 0 Å². The van der Waals surface area contributed by atoms with Gasteiger partial charge in [-0.05, 0) is 36.9 Å². The molecule has 1 N–H and O–H groups in total. The van der Waals surface area contributed by atoms with E-state index < -0.39 is 5.97 Å². The molecule has 0 bridgehead atoms. The van der Waals surface area contributed by atoms with Gasteiger partial charge in [-0.1, -0.05) is 36.0 Å². The molecule has 0 aliphatic carbocycles. The standard InChI is InChI=1S/C15H14O2S2/c1-10-6-3-4-7-11(10)19-13-9-5-8-12(18-2)14(13)15(16)17/h3-9H,1-2H3,(H,16,17). The molecular weight excluding hydrogens is 276 g/mol. The second-order valence-electron chi connectivity index (χ2n) is 4.01. The summed E-state index contributed by atoms with van der Waals surface area (Å²) in [5, 5.41) is 9.40. The SMILES string of the molecule is CSc1cccc(Sc2ccccc2C)c1C(=O)O. The van der Waals surface area contributed by atoms with Gasteiger partial charge in [0.2, 0.25) is 0 Å². The molecular formula is C15H14O2S2. The van der Waals surface area contributed by atoms with Crippen LogP contribution in [-0.2, 0) is 0 Å². The van der Waals surface area contributed by atoms with E-state index in [9.17, 15) is 9.90 Å². The first-order valence-electron chi connectivity index (χ1n) is 5.77. The third kappa shape index (κ3) is 3.14. The molecule has 4 heteroatoms. The average Bonchev–Trinajstić information content (AvgIpc) is 2.40. The zero-order chi connectivity index (χ0) is 13.8. The van der Waals surface area contributed by atoms with Crippen LogP contribution in [0.4, 0.5) is 0 Å². The highest BCUT2D eigenvalue weighted by Gasteiger charge is 2.16. The van der Waals surface area contributed by atoms with E-state index in [1.807, 2.05) is 55.6 Å². The number of aryl methyl sites for hydroxylation is 1. The molecule has 0 radical (unpaired) electrons. The van der Waals surface area contributed by atoms with Crippen LogP contribution in [0.15, 0.2) is 57.2 Å². The number of carboxylic acids is 1. The highest BCUT2D eigenvalue weighted by atomic mass is 32.2. The van der Waals surface area contributed by atoms with Gasteiger partial charge in [0.15, 0.2) is 0 Å². The number of hydrogen-bond donors (Lipinski definition) is 1. The van der Waals surface area contributed by atoms with Crippen molar-refractivity contribution in [2.24, 2.45) is 0 Å². The van der Waals surface area contributed by atoms with Crippen molar-refractivity contribution in [3.05, 3.63) is 53.6 Å². The minimum absolute atomic E-state index is 0.392. The summed E-state index contributed by atoms with van der Waals surface area (Å²) in [6, 6.07) is 13.6. The van der Waals surface area contributed by atoms with E-state index in [-0.39, 0.29) is 0 Å². The predicted octanol–water partition coefficient (Wildman–Crippen LogP) is 4.57. The van der Waals surface area contributed by atoms with Crippen LogP contribution >= 0.6 is 23.5 Å².